The van der Waals surface area contributed by atoms with Crippen molar-refractivity contribution in [2.24, 2.45) is 7.05 Å². The van der Waals surface area contributed by atoms with Crippen LogP contribution in [0.1, 0.15) is 18.2 Å². The van der Waals surface area contributed by atoms with E-state index >= 15 is 0 Å². The van der Waals surface area contributed by atoms with Gasteiger partial charge in [-0.15, -0.1) is 0 Å². The minimum Gasteiger partial charge on any atom is -0.360 e. The molecule has 0 aliphatic carbocycles. The molecular formula is C12H14ClN5O2. The Bertz CT molecular complexity index is 641. The summed E-state index contributed by atoms with van der Waals surface area (Å²) in [6, 6.07) is 2.73. The summed E-state index contributed by atoms with van der Waals surface area (Å²) in [5, 5.41) is 18.4. The minimum atomic E-state index is -0.490. The lowest BCUT2D eigenvalue weighted by Gasteiger charge is -2.06. The topological polar surface area (TPSA) is 85.9 Å². The predicted molar refractivity (Wildman–Crippen MR) is 75.8 cm³/mol. The first-order valence-corrected chi connectivity index (χ1v) is 6.45. The van der Waals surface area contributed by atoms with E-state index < -0.39 is 4.92 Å². The summed E-state index contributed by atoms with van der Waals surface area (Å²) in [5.41, 5.74) is 1.83. The van der Waals surface area contributed by atoms with Gasteiger partial charge in [-0.25, -0.2) is 4.98 Å². The normalized spacial score (nSPS) is 10.6. The van der Waals surface area contributed by atoms with Gasteiger partial charge in [-0.05, 0) is 12.5 Å². The third-order valence-corrected chi connectivity index (χ3v) is 3.02. The first-order valence-electron chi connectivity index (χ1n) is 6.07. The highest BCUT2D eigenvalue weighted by molar-refractivity contribution is 6.29. The second-order valence-electron chi connectivity index (χ2n) is 4.24. The maximum atomic E-state index is 10.9. The zero-order chi connectivity index (χ0) is 14.7. The van der Waals surface area contributed by atoms with Crippen LogP contribution in [-0.2, 0) is 20.0 Å². The number of hydrogen-bond acceptors (Lipinski definition) is 5. The molecule has 0 aliphatic heterocycles. The van der Waals surface area contributed by atoms with Crippen molar-refractivity contribution in [3.8, 4) is 0 Å². The summed E-state index contributed by atoms with van der Waals surface area (Å²) >= 11 is 5.78. The van der Waals surface area contributed by atoms with Gasteiger partial charge >= 0.3 is 5.69 Å². The highest BCUT2D eigenvalue weighted by Crippen LogP contribution is 2.24. The summed E-state index contributed by atoms with van der Waals surface area (Å²) in [5.74, 6) is 0.161. The van der Waals surface area contributed by atoms with Crippen molar-refractivity contribution in [2.75, 3.05) is 5.32 Å². The number of nitrogens with one attached hydrogen (secondary N) is 1. The fraction of sp³-hybridized carbons (Fsp3) is 0.333. The molecule has 106 valence electrons. The third-order valence-electron chi connectivity index (χ3n) is 2.81. The molecule has 0 atom stereocenters. The first kappa shape index (κ1) is 14.3. The Morgan fingerprint density at radius 1 is 1.50 bits per heavy atom. The van der Waals surface area contributed by atoms with E-state index in [9.17, 15) is 10.1 Å². The van der Waals surface area contributed by atoms with Crippen LogP contribution in [-0.4, -0.2) is 19.7 Å². The quantitative estimate of drug-likeness (QED) is 0.520. The molecule has 1 N–H and O–H groups in total. The van der Waals surface area contributed by atoms with Crippen molar-refractivity contribution in [3.63, 3.8) is 0 Å². The summed E-state index contributed by atoms with van der Waals surface area (Å²) in [6.45, 7) is 2.41. The number of pyridine rings is 1. The minimum absolute atomic E-state index is 0.101. The summed E-state index contributed by atoms with van der Waals surface area (Å²) in [6.07, 6.45) is 2.67. The SMILES string of the molecule is CCc1nn(C)cc1CNc1nc(Cl)ccc1[N+](=O)[O-]. The Morgan fingerprint density at radius 3 is 2.90 bits per heavy atom. The fourth-order valence-electron chi connectivity index (χ4n) is 1.91. The fourth-order valence-corrected chi connectivity index (χ4v) is 2.06. The van der Waals surface area contributed by atoms with Crippen LogP contribution in [0.15, 0.2) is 18.3 Å². The molecule has 0 saturated carbocycles. The summed E-state index contributed by atoms with van der Waals surface area (Å²) < 4.78 is 1.72. The van der Waals surface area contributed by atoms with Crippen LogP contribution in [0.5, 0.6) is 0 Å². The molecule has 20 heavy (non-hydrogen) atoms. The average Bonchev–Trinajstić information content (AvgIpc) is 2.76. The molecule has 0 unspecified atom stereocenters. The Morgan fingerprint density at radius 2 is 2.25 bits per heavy atom. The van der Waals surface area contributed by atoms with Gasteiger partial charge in [0.1, 0.15) is 5.15 Å². The van der Waals surface area contributed by atoms with Crippen LogP contribution in [0, 0.1) is 10.1 Å². The smallest absolute Gasteiger partial charge is 0.311 e. The molecular weight excluding hydrogens is 282 g/mol. The lowest BCUT2D eigenvalue weighted by atomic mass is 10.2. The molecule has 0 bridgehead atoms. The van der Waals surface area contributed by atoms with Gasteiger partial charge in [0.25, 0.3) is 0 Å². The monoisotopic (exact) mass is 295 g/mol. The Balaban J connectivity index is 2.22. The van der Waals surface area contributed by atoms with E-state index in [4.69, 9.17) is 11.6 Å². The maximum absolute atomic E-state index is 10.9. The van der Waals surface area contributed by atoms with Crippen molar-refractivity contribution in [1.82, 2.24) is 14.8 Å². The van der Waals surface area contributed by atoms with Gasteiger partial charge in [-0.2, -0.15) is 5.10 Å². The zero-order valence-corrected chi connectivity index (χ0v) is 11.9. The van der Waals surface area contributed by atoms with Gasteiger partial charge in [-0.3, -0.25) is 14.8 Å². The molecule has 0 radical (unpaired) electrons. The Labute approximate surface area is 120 Å². The van der Waals surface area contributed by atoms with Gasteiger partial charge in [0.05, 0.1) is 10.6 Å². The van der Waals surface area contributed by atoms with Crippen LogP contribution in [0.2, 0.25) is 5.15 Å². The summed E-state index contributed by atoms with van der Waals surface area (Å²) in [7, 11) is 1.84. The van der Waals surface area contributed by atoms with Gasteiger partial charge in [0.2, 0.25) is 5.82 Å². The van der Waals surface area contributed by atoms with Crippen molar-refractivity contribution in [1.29, 1.82) is 0 Å². The predicted octanol–water partition coefficient (Wildman–Crippen LogP) is 2.55. The highest BCUT2D eigenvalue weighted by atomic mass is 35.5. The van der Waals surface area contributed by atoms with E-state index in [0.717, 1.165) is 17.7 Å². The summed E-state index contributed by atoms with van der Waals surface area (Å²) in [4.78, 5) is 14.4. The Kier molecular flexibility index (Phi) is 4.19. The number of aryl methyl sites for hydroxylation is 2. The van der Waals surface area contributed by atoms with E-state index in [1.165, 1.54) is 12.1 Å². The number of nitro groups is 1. The van der Waals surface area contributed by atoms with Crippen LogP contribution in [0.4, 0.5) is 11.5 Å². The van der Waals surface area contributed by atoms with E-state index in [1.807, 2.05) is 20.2 Å². The maximum Gasteiger partial charge on any atom is 0.311 e. The van der Waals surface area contributed by atoms with Gasteiger partial charge in [0.15, 0.2) is 0 Å². The van der Waals surface area contributed by atoms with E-state index in [0.29, 0.717) is 6.54 Å². The number of halogens is 1. The van der Waals surface area contributed by atoms with Crippen molar-refractivity contribution < 1.29 is 4.92 Å². The average molecular weight is 296 g/mol. The van der Waals surface area contributed by atoms with Crippen molar-refractivity contribution in [2.45, 2.75) is 19.9 Å². The van der Waals surface area contributed by atoms with Crippen LogP contribution < -0.4 is 5.32 Å². The van der Waals surface area contributed by atoms with Crippen molar-refractivity contribution >= 4 is 23.1 Å². The molecule has 2 aromatic heterocycles. The lowest BCUT2D eigenvalue weighted by molar-refractivity contribution is -0.384. The molecule has 7 nitrogen and oxygen atoms in total. The second kappa shape index (κ2) is 5.87. The molecule has 8 heteroatoms. The largest absolute Gasteiger partial charge is 0.360 e. The van der Waals surface area contributed by atoms with Gasteiger partial charge in [0, 0.05) is 31.4 Å². The lowest BCUT2D eigenvalue weighted by Crippen LogP contribution is -2.05. The first-order chi connectivity index (χ1) is 9.51. The molecule has 0 aliphatic rings. The van der Waals surface area contributed by atoms with E-state index in [1.54, 1.807) is 4.68 Å². The number of nitrogens with zero attached hydrogens (tertiary/aromatic N) is 4. The molecule has 2 aromatic rings. The molecule has 0 aromatic carbocycles. The number of hydrogen-bond donors (Lipinski definition) is 1. The molecule has 0 amide bonds. The van der Waals surface area contributed by atoms with E-state index in [2.05, 4.69) is 15.4 Å². The molecule has 0 fully saturated rings. The number of anilines is 1. The standard InChI is InChI=1S/C12H14ClN5O2/c1-3-9-8(7-17(2)16-9)6-14-12-10(18(19)20)4-5-11(13)15-12/h4-5,7H,3,6H2,1-2H3,(H,14,15). The number of aromatic nitrogens is 3. The van der Waals surface area contributed by atoms with Crippen LogP contribution in [0.25, 0.3) is 0 Å². The second-order valence-corrected chi connectivity index (χ2v) is 4.63. The Hall–Kier alpha value is -2.15. The van der Waals surface area contributed by atoms with Crippen molar-refractivity contribution in [3.05, 3.63) is 44.9 Å². The molecule has 0 spiro atoms. The molecule has 0 saturated heterocycles. The van der Waals surface area contributed by atoms with Gasteiger partial charge in [-0.1, -0.05) is 18.5 Å². The third kappa shape index (κ3) is 3.05. The van der Waals surface area contributed by atoms with Gasteiger partial charge < -0.3 is 5.32 Å². The molecule has 2 heterocycles. The van der Waals surface area contributed by atoms with Crippen LogP contribution >= 0.6 is 11.6 Å². The molecule has 2 rings (SSSR count). The van der Waals surface area contributed by atoms with E-state index in [-0.39, 0.29) is 16.7 Å². The van der Waals surface area contributed by atoms with Crippen LogP contribution in [0.3, 0.4) is 0 Å². The number of rotatable bonds is 5. The highest BCUT2D eigenvalue weighted by Gasteiger charge is 2.16. The zero-order valence-electron chi connectivity index (χ0n) is 11.1.